The molecule has 2 rings (SSSR count). The van der Waals surface area contributed by atoms with E-state index < -0.39 is 5.97 Å². The number of rotatable bonds is 2. The van der Waals surface area contributed by atoms with Crippen LogP contribution >= 0.6 is 0 Å². The Hall–Kier alpha value is -1.78. The molecule has 0 bridgehead atoms. The molecule has 1 aliphatic rings. The van der Waals surface area contributed by atoms with Crippen LogP contribution in [0.3, 0.4) is 0 Å². The largest absolute Gasteiger partial charge is 0.481 e. The predicted octanol–water partition coefficient (Wildman–Crippen LogP) is 0.965. The summed E-state index contributed by atoms with van der Waals surface area (Å²) in [5, 5.41) is 8.99. The number of carbonyl (C=O) groups is 1. The summed E-state index contributed by atoms with van der Waals surface area (Å²) in [5.41, 5.74) is 6.43. The second-order valence-corrected chi connectivity index (χ2v) is 4.04. The lowest BCUT2D eigenvalue weighted by atomic mass is 9.98. The highest BCUT2D eigenvalue weighted by atomic mass is 16.4. The fourth-order valence-corrected chi connectivity index (χ4v) is 2.04. The van der Waals surface area contributed by atoms with Crippen molar-refractivity contribution in [3.63, 3.8) is 0 Å². The quantitative estimate of drug-likeness (QED) is 0.777. The number of nitrogens with zero attached hydrogens (tertiary/aromatic N) is 2. The molecule has 0 unspecified atom stereocenters. The van der Waals surface area contributed by atoms with Gasteiger partial charge in [-0.3, -0.25) is 4.79 Å². The Kier molecular flexibility index (Phi) is 2.94. The first-order valence-corrected chi connectivity index (χ1v) is 5.36. The predicted molar refractivity (Wildman–Crippen MR) is 61.2 cm³/mol. The molecule has 0 spiro atoms. The molecule has 0 saturated carbocycles. The van der Waals surface area contributed by atoms with Gasteiger partial charge in [0.1, 0.15) is 0 Å². The van der Waals surface area contributed by atoms with Gasteiger partial charge in [0.05, 0.1) is 11.6 Å². The minimum absolute atomic E-state index is 0.310. The molecule has 86 valence electrons. The van der Waals surface area contributed by atoms with Gasteiger partial charge in [0, 0.05) is 19.3 Å². The van der Waals surface area contributed by atoms with Gasteiger partial charge in [-0.2, -0.15) is 0 Å². The molecular weight excluding hydrogens is 206 g/mol. The van der Waals surface area contributed by atoms with E-state index in [1.54, 1.807) is 18.3 Å². The summed E-state index contributed by atoms with van der Waals surface area (Å²) in [6, 6.07) is 3.56. The molecule has 5 heteroatoms. The molecule has 0 aliphatic carbocycles. The maximum absolute atomic E-state index is 10.9. The number of aliphatic carboxylic acids is 1. The monoisotopic (exact) mass is 221 g/mol. The number of hydrogen-bond acceptors (Lipinski definition) is 4. The molecule has 0 aromatic carbocycles. The number of nitrogen functional groups attached to an aromatic ring is 1. The topological polar surface area (TPSA) is 79.5 Å². The van der Waals surface area contributed by atoms with Gasteiger partial charge in [-0.05, 0) is 25.0 Å². The fraction of sp³-hybridized carbons (Fsp3) is 0.455. The van der Waals surface area contributed by atoms with Gasteiger partial charge >= 0.3 is 5.97 Å². The second-order valence-electron chi connectivity index (χ2n) is 4.04. The van der Waals surface area contributed by atoms with E-state index in [9.17, 15) is 4.79 Å². The van der Waals surface area contributed by atoms with E-state index in [1.165, 1.54) is 0 Å². The maximum Gasteiger partial charge on any atom is 0.308 e. The molecule has 5 nitrogen and oxygen atoms in total. The summed E-state index contributed by atoms with van der Waals surface area (Å²) in [6.45, 7) is 1.32. The van der Waals surface area contributed by atoms with Gasteiger partial charge in [0.2, 0.25) is 0 Å². The van der Waals surface area contributed by atoms with Crippen molar-refractivity contribution >= 4 is 17.5 Å². The molecule has 2 heterocycles. The van der Waals surface area contributed by atoms with Crippen molar-refractivity contribution in [3.05, 3.63) is 18.3 Å². The average molecular weight is 221 g/mol. The summed E-state index contributed by atoms with van der Waals surface area (Å²) in [6.07, 6.45) is 3.28. The first-order chi connectivity index (χ1) is 7.68. The van der Waals surface area contributed by atoms with Crippen molar-refractivity contribution in [2.45, 2.75) is 12.8 Å². The van der Waals surface area contributed by atoms with Gasteiger partial charge in [-0.25, -0.2) is 4.98 Å². The van der Waals surface area contributed by atoms with Crippen molar-refractivity contribution in [3.8, 4) is 0 Å². The molecule has 1 saturated heterocycles. The van der Waals surface area contributed by atoms with Crippen LogP contribution in [0.1, 0.15) is 12.8 Å². The van der Waals surface area contributed by atoms with E-state index in [0.29, 0.717) is 18.1 Å². The average Bonchev–Trinajstić information content (AvgIpc) is 2.30. The summed E-state index contributed by atoms with van der Waals surface area (Å²) >= 11 is 0. The highest BCUT2D eigenvalue weighted by Crippen LogP contribution is 2.25. The van der Waals surface area contributed by atoms with Gasteiger partial charge in [0.25, 0.3) is 0 Å². The second kappa shape index (κ2) is 4.38. The van der Waals surface area contributed by atoms with Crippen LogP contribution in [0.2, 0.25) is 0 Å². The van der Waals surface area contributed by atoms with E-state index in [0.717, 1.165) is 19.4 Å². The van der Waals surface area contributed by atoms with Crippen LogP contribution in [0.5, 0.6) is 0 Å². The lowest BCUT2D eigenvalue weighted by Gasteiger charge is -2.32. The number of nitrogens with two attached hydrogens (primary N) is 1. The number of aromatic nitrogens is 1. The SMILES string of the molecule is Nc1cccnc1N1CCC[C@@H](C(=O)O)C1. The lowest BCUT2D eigenvalue weighted by Crippen LogP contribution is -2.39. The van der Waals surface area contributed by atoms with Crippen LogP contribution in [0.25, 0.3) is 0 Å². The van der Waals surface area contributed by atoms with Crippen LogP contribution in [0.15, 0.2) is 18.3 Å². The van der Waals surface area contributed by atoms with E-state index in [4.69, 9.17) is 10.8 Å². The summed E-state index contributed by atoms with van der Waals surface area (Å²) in [7, 11) is 0. The zero-order valence-electron chi connectivity index (χ0n) is 8.97. The van der Waals surface area contributed by atoms with Crippen molar-refractivity contribution in [1.29, 1.82) is 0 Å². The third-order valence-corrected chi connectivity index (χ3v) is 2.89. The number of pyridine rings is 1. The minimum atomic E-state index is -0.737. The van der Waals surface area contributed by atoms with E-state index in [-0.39, 0.29) is 5.92 Å². The number of hydrogen-bond donors (Lipinski definition) is 2. The molecule has 1 fully saturated rings. The number of anilines is 2. The Bertz CT molecular complexity index is 395. The fourth-order valence-electron chi connectivity index (χ4n) is 2.04. The molecular formula is C11H15N3O2. The summed E-state index contributed by atoms with van der Waals surface area (Å²) < 4.78 is 0. The summed E-state index contributed by atoms with van der Waals surface area (Å²) in [4.78, 5) is 17.1. The maximum atomic E-state index is 10.9. The zero-order valence-corrected chi connectivity index (χ0v) is 8.97. The van der Waals surface area contributed by atoms with Crippen LogP contribution in [0.4, 0.5) is 11.5 Å². The van der Waals surface area contributed by atoms with Gasteiger partial charge < -0.3 is 15.7 Å². The van der Waals surface area contributed by atoms with Crippen LogP contribution < -0.4 is 10.6 Å². The van der Waals surface area contributed by atoms with Crippen LogP contribution in [-0.2, 0) is 4.79 Å². The van der Waals surface area contributed by atoms with Gasteiger partial charge in [0.15, 0.2) is 5.82 Å². The third-order valence-electron chi connectivity index (χ3n) is 2.89. The first-order valence-electron chi connectivity index (χ1n) is 5.36. The highest BCUT2D eigenvalue weighted by Gasteiger charge is 2.26. The Balaban J connectivity index is 2.16. The molecule has 1 aliphatic heterocycles. The molecule has 1 atom stereocenters. The first kappa shape index (κ1) is 10.7. The summed E-state index contributed by atoms with van der Waals surface area (Å²) in [5.74, 6) is -0.345. The Morgan fingerprint density at radius 2 is 2.44 bits per heavy atom. The van der Waals surface area contributed by atoms with Crippen molar-refractivity contribution < 1.29 is 9.90 Å². The molecule has 1 aromatic heterocycles. The van der Waals surface area contributed by atoms with E-state index >= 15 is 0 Å². The number of carboxylic acid groups (broad SMARTS) is 1. The molecule has 1 aromatic rings. The molecule has 0 radical (unpaired) electrons. The lowest BCUT2D eigenvalue weighted by molar-refractivity contribution is -0.141. The van der Waals surface area contributed by atoms with Gasteiger partial charge in [-0.15, -0.1) is 0 Å². The van der Waals surface area contributed by atoms with E-state index in [1.807, 2.05) is 4.90 Å². The standard InChI is InChI=1S/C11H15N3O2/c12-9-4-1-5-13-10(9)14-6-2-3-8(7-14)11(15)16/h1,4-5,8H,2-3,6-7,12H2,(H,15,16)/t8-/m1/s1. The Labute approximate surface area is 93.9 Å². The third kappa shape index (κ3) is 2.08. The Morgan fingerprint density at radius 1 is 1.62 bits per heavy atom. The number of piperidine rings is 1. The molecule has 0 amide bonds. The molecule has 3 N–H and O–H groups in total. The smallest absolute Gasteiger partial charge is 0.308 e. The van der Waals surface area contributed by atoms with Crippen LogP contribution in [-0.4, -0.2) is 29.1 Å². The van der Waals surface area contributed by atoms with Crippen molar-refractivity contribution in [2.24, 2.45) is 5.92 Å². The highest BCUT2D eigenvalue weighted by molar-refractivity contribution is 5.72. The van der Waals surface area contributed by atoms with Crippen LogP contribution in [0, 0.1) is 5.92 Å². The minimum Gasteiger partial charge on any atom is -0.481 e. The number of carboxylic acids is 1. The van der Waals surface area contributed by atoms with Crippen molar-refractivity contribution in [2.75, 3.05) is 23.7 Å². The van der Waals surface area contributed by atoms with Crippen molar-refractivity contribution in [1.82, 2.24) is 4.98 Å². The van der Waals surface area contributed by atoms with E-state index in [2.05, 4.69) is 4.98 Å². The molecule has 16 heavy (non-hydrogen) atoms. The van der Waals surface area contributed by atoms with Gasteiger partial charge in [-0.1, -0.05) is 0 Å². The zero-order chi connectivity index (χ0) is 11.5. The Morgan fingerprint density at radius 3 is 3.12 bits per heavy atom. The normalized spacial score (nSPS) is 20.8.